The molecule has 1 atom stereocenters. The fourth-order valence-corrected chi connectivity index (χ4v) is 5.25. The van der Waals surface area contributed by atoms with Crippen molar-refractivity contribution in [1.29, 1.82) is 0 Å². The summed E-state index contributed by atoms with van der Waals surface area (Å²) in [5, 5.41) is 0. The highest BCUT2D eigenvalue weighted by molar-refractivity contribution is 8.01. The molecule has 1 spiro atoms. The standard InChI is InChI=1S/C19H23N3OS/c1-15-4-2-6-17(21-15)11-23-18-8-19(24-12-18)13-22(14-19)10-16-5-3-7-20-9-16/h2-7,9,18H,8,10-14H2,1H3/t18-/m0/s1. The van der Waals surface area contributed by atoms with Gasteiger partial charge in [0.1, 0.15) is 0 Å². The summed E-state index contributed by atoms with van der Waals surface area (Å²) in [6.45, 7) is 5.98. The highest BCUT2D eigenvalue weighted by Gasteiger charge is 2.49. The molecule has 0 unspecified atom stereocenters. The molecule has 0 saturated carbocycles. The molecular weight excluding hydrogens is 318 g/mol. The van der Waals surface area contributed by atoms with Crippen LogP contribution < -0.4 is 0 Å². The fraction of sp³-hybridized carbons (Fsp3) is 0.474. The lowest BCUT2D eigenvalue weighted by Crippen LogP contribution is -2.58. The molecule has 2 fully saturated rings. The first-order valence-electron chi connectivity index (χ1n) is 8.50. The van der Waals surface area contributed by atoms with Crippen molar-refractivity contribution in [1.82, 2.24) is 14.9 Å². The molecule has 2 aromatic rings. The number of hydrogen-bond acceptors (Lipinski definition) is 5. The number of aromatic nitrogens is 2. The van der Waals surface area contributed by atoms with Crippen LogP contribution in [0.1, 0.15) is 23.4 Å². The van der Waals surface area contributed by atoms with Crippen LogP contribution in [0.2, 0.25) is 0 Å². The van der Waals surface area contributed by atoms with E-state index in [2.05, 4.69) is 32.7 Å². The van der Waals surface area contributed by atoms with Gasteiger partial charge in [0.05, 0.1) is 18.4 Å². The molecule has 2 aromatic heterocycles. The van der Waals surface area contributed by atoms with Crippen molar-refractivity contribution in [2.45, 2.75) is 37.3 Å². The normalized spacial score (nSPS) is 22.6. The number of nitrogens with zero attached hydrogens (tertiary/aromatic N) is 3. The number of aryl methyl sites for hydroxylation is 1. The predicted octanol–water partition coefficient (Wildman–Crippen LogP) is 3.06. The highest BCUT2D eigenvalue weighted by atomic mass is 32.2. The smallest absolute Gasteiger partial charge is 0.0892 e. The van der Waals surface area contributed by atoms with Crippen molar-refractivity contribution in [3.05, 3.63) is 59.7 Å². The van der Waals surface area contributed by atoms with Crippen LogP contribution in [0.25, 0.3) is 0 Å². The summed E-state index contributed by atoms with van der Waals surface area (Å²) in [6.07, 6.45) is 5.32. The summed E-state index contributed by atoms with van der Waals surface area (Å²) in [5.74, 6) is 1.10. The molecule has 4 heterocycles. The highest BCUT2D eigenvalue weighted by Crippen LogP contribution is 2.46. The second kappa shape index (κ2) is 6.82. The Morgan fingerprint density at radius 3 is 3.00 bits per heavy atom. The van der Waals surface area contributed by atoms with E-state index < -0.39 is 0 Å². The van der Waals surface area contributed by atoms with Gasteiger partial charge in [-0.25, -0.2) is 0 Å². The third-order valence-corrected chi connectivity index (χ3v) is 6.32. The SMILES string of the molecule is Cc1cccc(CO[C@@H]2CSC3(C2)CN(Cc2cccnc2)C3)n1. The Morgan fingerprint density at radius 1 is 1.29 bits per heavy atom. The fourth-order valence-electron chi connectivity index (χ4n) is 3.64. The van der Waals surface area contributed by atoms with Crippen LogP contribution in [-0.2, 0) is 17.9 Å². The molecule has 5 heteroatoms. The molecule has 0 radical (unpaired) electrons. The van der Waals surface area contributed by atoms with Crippen LogP contribution in [0.5, 0.6) is 0 Å². The quantitative estimate of drug-likeness (QED) is 0.836. The van der Waals surface area contributed by atoms with E-state index in [1.165, 1.54) is 5.56 Å². The number of rotatable bonds is 5. The van der Waals surface area contributed by atoms with Crippen molar-refractivity contribution in [2.75, 3.05) is 18.8 Å². The number of pyridine rings is 2. The first-order valence-corrected chi connectivity index (χ1v) is 9.49. The Labute approximate surface area is 147 Å². The minimum atomic E-state index is 0.359. The Bertz CT molecular complexity index is 688. The predicted molar refractivity (Wildman–Crippen MR) is 96.9 cm³/mol. The van der Waals surface area contributed by atoms with E-state index in [0.29, 0.717) is 17.5 Å². The molecule has 0 aromatic carbocycles. The van der Waals surface area contributed by atoms with Crippen molar-refractivity contribution in [3.8, 4) is 0 Å². The van der Waals surface area contributed by atoms with E-state index in [4.69, 9.17) is 4.74 Å². The summed E-state index contributed by atoms with van der Waals surface area (Å²) in [7, 11) is 0. The van der Waals surface area contributed by atoms with Gasteiger partial charge in [0, 0.05) is 48.2 Å². The molecular formula is C19H23N3OS. The third kappa shape index (κ3) is 3.63. The Hall–Kier alpha value is -1.43. The largest absolute Gasteiger partial charge is 0.371 e. The first kappa shape index (κ1) is 16.1. The summed E-state index contributed by atoms with van der Waals surface area (Å²) in [5.41, 5.74) is 3.39. The molecule has 2 aliphatic rings. The average Bonchev–Trinajstić information content (AvgIpc) is 2.98. The number of ether oxygens (including phenoxy) is 1. The lowest BCUT2D eigenvalue weighted by molar-refractivity contribution is 0.0250. The van der Waals surface area contributed by atoms with E-state index in [-0.39, 0.29) is 0 Å². The van der Waals surface area contributed by atoms with Crippen LogP contribution in [0, 0.1) is 6.92 Å². The van der Waals surface area contributed by atoms with Crippen molar-refractivity contribution in [3.63, 3.8) is 0 Å². The molecule has 0 amide bonds. The number of thioether (sulfide) groups is 1. The van der Waals surface area contributed by atoms with Gasteiger partial charge in [0.25, 0.3) is 0 Å². The van der Waals surface area contributed by atoms with Crippen molar-refractivity contribution in [2.24, 2.45) is 0 Å². The Balaban J connectivity index is 1.24. The zero-order chi connectivity index (χ0) is 16.4. The molecule has 2 saturated heterocycles. The second-order valence-corrected chi connectivity index (χ2v) is 8.40. The molecule has 0 aliphatic carbocycles. The van der Waals surface area contributed by atoms with Crippen molar-refractivity contribution >= 4 is 11.8 Å². The van der Waals surface area contributed by atoms with Gasteiger partial charge in [-0.05, 0) is 37.1 Å². The van der Waals surface area contributed by atoms with E-state index in [9.17, 15) is 0 Å². The molecule has 0 bridgehead atoms. The van der Waals surface area contributed by atoms with Gasteiger partial charge >= 0.3 is 0 Å². The minimum Gasteiger partial charge on any atom is -0.371 e. The summed E-state index contributed by atoms with van der Waals surface area (Å²) < 4.78 is 6.53. The molecule has 126 valence electrons. The minimum absolute atomic E-state index is 0.359. The van der Waals surface area contributed by atoms with Gasteiger partial charge in [0.15, 0.2) is 0 Å². The first-order chi connectivity index (χ1) is 11.7. The van der Waals surface area contributed by atoms with E-state index >= 15 is 0 Å². The van der Waals surface area contributed by atoms with Crippen molar-refractivity contribution < 1.29 is 4.74 Å². The van der Waals surface area contributed by atoms with Gasteiger partial charge in [-0.3, -0.25) is 14.9 Å². The lowest BCUT2D eigenvalue weighted by Gasteiger charge is -2.47. The Morgan fingerprint density at radius 2 is 2.21 bits per heavy atom. The number of likely N-dealkylation sites (tertiary alicyclic amines) is 1. The van der Waals surface area contributed by atoms with Gasteiger partial charge in [-0.1, -0.05) is 12.1 Å². The maximum Gasteiger partial charge on any atom is 0.0892 e. The second-order valence-electron chi connectivity index (χ2n) is 6.91. The zero-order valence-electron chi connectivity index (χ0n) is 14.0. The average molecular weight is 341 g/mol. The topological polar surface area (TPSA) is 38.2 Å². The Kier molecular flexibility index (Phi) is 4.57. The molecule has 24 heavy (non-hydrogen) atoms. The van der Waals surface area contributed by atoms with Crippen LogP contribution in [-0.4, -0.2) is 44.6 Å². The summed E-state index contributed by atoms with van der Waals surface area (Å²) in [6, 6.07) is 10.3. The van der Waals surface area contributed by atoms with Crippen LogP contribution in [0.3, 0.4) is 0 Å². The monoisotopic (exact) mass is 341 g/mol. The lowest BCUT2D eigenvalue weighted by atomic mass is 9.92. The maximum atomic E-state index is 6.12. The van der Waals surface area contributed by atoms with E-state index in [1.807, 2.05) is 43.6 Å². The van der Waals surface area contributed by atoms with Crippen LogP contribution in [0.4, 0.5) is 0 Å². The zero-order valence-corrected chi connectivity index (χ0v) is 14.8. The summed E-state index contributed by atoms with van der Waals surface area (Å²) >= 11 is 2.09. The van der Waals surface area contributed by atoms with Crippen LogP contribution in [0.15, 0.2) is 42.7 Å². The molecule has 2 aliphatic heterocycles. The van der Waals surface area contributed by atoms with E-state index in [0.717, 1.165) is 43.2 Å². The number of hydrogen-bond donors (Lipinski definition) is 0. The van der Waals surface area contributed by atoms with Crippen LogP contribution >= 0.6 is 11.8 Å². The van der Waals surface area contributed by atoms with Gasteiger partial charge < -0.3 is 4.74 Å². The molecule has 4 rings (SSSR count). The summed E-state index contributed by atoms with van der Waals surface area (Å²) in [4.78, 5) is 11.2. The maximum absolute atomic E-state index is 6.12. The van der Waals surface area contributed by atoms with Gasteiger partial charge in [0.2, 0.25) is 0 Å². The molecule has 0 N–H and O–H groups in total. The van der Waals surface area contributed by atoms with E-state index in [1.54, 1.807) is 0 Å². The third-order valence-electron chi connectivity index (χ3n) is 4.74. The van der Waals surface area contributed by atoms with Gasteiger partial charge in [-0.15, -0.1) is 11.8 Å². The molecule has 4 nitrogen and oxygen atoms in total. The van der Waals surface area contributed by atoms with Gasteiger partial charge in [-0.2, -0.15) is 0 Å².